The van der Waals surface area contributed by atoms with Gasteiger partial charge in [-0.1, -0.05) is 11.3 Å². The van der Waals surface area contributed by atoms with Gasteiger partial charge < -0.3 is 5.73 Å². The molecule has 0 bridgehead atoms. The highest BCUT2D eigenvalue weighted by molar-refractivity contribution is 7.18. The average Bonchev–Trinajstić information content (AvgIpc) is 2.53. The molecular weight excluding hydrogens is 184 g/mol. The van der Waals surface area contributed by atoms with Crippen molar-refractivity contribution in [3.63, 3.8) is 0 Å². The summed E-state index contributed by atoms with van der Waals surface area (Å²) in [6, 6.07) is 0. The van der Waals surface area contributed by atoms with Crippen LogP contribution in [0.25, 0.3) is 10.6 Å². The SMILES string of the molecule is Cc1nccnc1-c1cnc(N)s1. The Morgan fingerprint density at radius 1 is 1.23 bits per heavy atom. The highest BCUT2D eigenvalue weighted by Crippen LogP contribution is 2.26. The Labute approximate surface area is 79.5 Å². The molecule has 0 aliphatic rings. The molecule has 5 heteroatoms. The molecule has 0 radical (unpaired) electrons. The Balaban J connectivity index is 2.52. The lowest BCUT2D eigenvalue weighted by Crippen LogP contribution is -1.87. The molecule has 0 saturated heterocycles. The molecule has 4 nitrogen and oxygen atoms in total. The van der Waals surface area contributed by atoms with Crippen LogP contribution < -0.4 is 5.73 Å². The molecule has 0 amide bonds. The van der Waals surface area contributed by atoms with Gasteiger partial charge in [-0.2, -0.15) is 0 Å². The van der Waals surface area contributed by atoms with Gasteiger partial charge in [0, 0.05) is 18.6 Å². The summed E-state index contributed by atoms with van der Waals surface area (Å²) in [6.45, 7) is 1.91. The lowest BCUT2D eigenvalue weighted by atomic mass is 10.3. The van der Waals surface area contributed by atoms with Crippen LogP contribution in [0.5, 0.6) is 0 Å². The minimum absolute atomic E-state index is 0.556. The van der Waals surface area contributed by atoms with Gasteiger partial charge in [0.1, 0.15) is 5.69 Å². The fraction of sp³-hybridized carbons (Fsp3) is 0.125. The number of nitrogens with two attached hydrogens (primary N) is 1. The van der Waals surface area contributed by atoms with Gasteiger partial charge in [-0.3, -0.25) is 9.97 Å². The molecule has 2 aromatic rings. The van der Waals surface area contributed by atoms with Gasteiger partial charge >= 0.3 is 0 Å². The van der Waals surface area contributed by atoms with Crippen molar-refractivity contribution in [3.05, 3.63) is 24.3 Å². The summed E-state index contributed by atoms with van der Waals surface area (Å²) in [7, 11) is 0. The molecule has 0 aromatic carbocycles. The number of rotatable bonds is 1. The van der Waals surface area contributed by atoms with E-state index in [9.17, 15) is 0 Å². The number of hydrogen-bond acceptors (Lipinski definition) is 5. The largest absolute Gasteiger partial charge is 0.375 e. The van der Waals surface area contributed by atoms with E-state index in [0.717, 1.165) is 16.3 Å². The molecule has 0 aliphatic heterocycles. The number of hydrogen-bond donors (Lipinski definition) is 1. The summed E-state index contributed by atoms with van der Waals surface area (Å²) in [6.07, 6.45) is 5.05. The topological polar surface area (TPSA) is 64.7 Å². The fourth-order valence-corrected chi connectivity index (χ4v) is 1.78. The monoisotopic (exact) mass is 192 g/mol. The van der Waals surface area contributed by atoms with Crippen molar-refractivity contribution in [2.45, 2.75) is 6.92 Å². The summed E-state index contributed by atoms with van der Waals surface area (Å²) < 4.78 is 0. The fourth-order valence-electron chi connectivity index (χ4n) is 1.05. The van der Waals surface area contributed by atoms with Crippen molar-refractivity contribution in [1.82, 2.24) is 15.0 Å². The molecule has 0 saturated carbocycles. The predicted molar refractivity (Wildman–Crippen MR) is 52.3 cm³/mol. The third-order valence-corrected chi connectivity index (χ3v) is 2.47. The zero-order valence-electron chi connectivity index (χ0n) is 7.06. The Hall–Kier alpha value is -1.49. The number of aromatic nitrogens is 3. The molecule has 0 unspecified atom stereocenters. The quantitative estimate of drug-likeness (QED) is 0.743. The normalized spacial score (nSPS) is 10.2. The van der Waals surface area contributed by atoms with E-state index in [2.05, 4.69) is 15.0 Å². The van der Waals surface area contributed by atoms with Crippen LogP contribution in [-0.4, -0.2) is 15.0 Å². The Morgan fingerprint density at radius 3 is 2.62 bits per heavy atom. The number of anilines is 1. The van der Waals surface area contributed by atoms with Crippen LogP contribution in [0.2, 0.25) is 0 Å². The Morgan fingerprint density at radius 2 is 2.00 bits per heavy atom. The van der Waals surface area contributed by atoms with Crippen molar-refractivity contribution < 1.29 is 0 Å². The zero-order valence-corrected chi connectivity index (χ0v) is 7.88. The average molecular weight is 192 g/mol. The minimum Gasteiger partial charge on any atom is -0.375 e. The van der Waals surface area contributed by atoms with E-state index in [4.69, 9.17) is 5.73 Å². The molecule has 2 N–H and O–H groups in total. The second-order valence-electron chi connectivity index (χ2n) is 2.55. The summed E-state index contributed by atoms with van der Waals surface area (Å²) in [5.41, 5.74) is 7.28. The zero-order chi connectivity index (χ0) is 9.26. The predicted octanol–water partition coefficient (Wildman–Crippen LogP) is 1.49. The molecular formula is C8H8N4S. The molecule has 2 heterocycles. The maximum atomic E-state index is 5.53. The molecule has 0 spiro atoms. The molecule has 2 rings (SSSR count). The van der Waals surface area contributed by atoms with E-state index >= 15 is 0 Å². The van der Waals surface area contributed by atoms with Crippen LogP contribution in [0.4, 0.5) is 5.13 Å². The lowest BCUT2D eigenvalue weighted by molar-refractivity contribution is 1.13. The van der Waals surface area contributed by atoms with Crippen molar-refractivity contribution in [2.24, 2.45) is 0 Å². The molecule has 2 aromatic heterocycles. The molecule has 0 aliphatic carbocycles. The molecule has 13 heavy (non-hydrogen) atoms. The van der Waals surface area contributed by atoms with Gasteiger partial charge in [0.25, 0.3) is 0 Å². The molecule has 0 atom stereocenters. The minimum atomic E-state index is 0.556. The summed E-state index contributed by atoms with van der Waals surface area (Å²) in [5, 5.41) is 0.556. The number of thiazole rings is 1. The lowest BCUT2D eigenvalue weighted by Gasteiger charge is -1.97. The van der Waals surface area contributed by atoms with Crippen molar-refractivity contribution in [1.29, 1.82) is 0 Å². The first-order valence-corrected chi connectivity index (χ1v) is 4.58. The summed E-state index contributed by atoms with van der Waals surface area (Å²) >= 11 is 1.42. The Kier molecular flexibility index (Phi) is 1.94. The second kappa shape index (κ2) is 3.10. The second-order valence-corrected chi connectivity index (χ2v) is 3.62. The van der Waals surface area contributed by atoms with Crippen LogP contribution >= 0.6 is 11.3 Å². The summed E-state index contributed by atoms with van der Waals surface area (Å²) in [4.78, 5) is 13.3. The van der Waals surface area contributed by atoms with E-state index in [1.807, 2.05) is 6.92 Å². The molecule has 0 fully saturated rings. The first-order chi connectivity index (χ1) is 6.27. The van der Waals surface area contributed by atoms with Crippen LogP contribution in [0.15, 0.2) is 18.6 Å². The van der Waals surface area contributed by atoms with Gasteiger partial charge in [-0.25, -0.2) is 4.98 Å². The standard InChI is InChI=1S/C8H8N4S/c1-5-7(11-3-2-10-5)6-4-12-8(9)13-6/h2-4H,1H3,(H2,9,12). The van der Waals surface area contributed by atoms with Gasteiger partial charge in [-0.15, -0.1) is 0 Å². The highest BCUT2D eigenvalue weighted by atomic mass is 32.1. The van der Waals surface area contributed by atoms with Crippen LogP contribution in [0, 0.1) is 6.92 Å². The van der Waals surface area contributed by atoms with Crippen LogP contribution in [-0.2, 0) is 0 Å². The summed E-state index contributed by atoms with van der Waals surface area (Å²) in [5.74, 6) is 0. The number of nitrogens with zero attached hydrogens (tertiary/aromatic N) is 3. The maximum absolute atomic E-state index is 5.53. The van der Waals surface area contributed by atoms with E-state index in [0.29, 0.717) is 5.13 Å². The van der Waals surface area contributed by atoms with Gasteiger partial charge in [0.2, 0.25) is 0 Å². The first kappa shape index (κ1) is 8.12. The van der Waals surface area contributed by atoms with Crippen molar-refractivity contribution in [2.75, 3.05) is 5.73 Å². The third-order valence-electron chi connectivity index (χ3n) is 1.64. The van der Waals surface area contributed by atoms with Gasteiger partial charge in [-0.05, 0) is 6.92 Å². The molecule has 66 valence electrons. The van der Waals surface area contributed by atoms with Crippen molar-refractivity contribution >= 4 is 16.5 Å². The van der Waals surface area contributed by atoms with Crippen LogP contribution in [0.3, 0.4) is 0 Å². The third kappa shape index (κ3) is 1.50. The Bertz CT molecular complexity index is 424. The van der Waals surface area contributed by atoms with E-state index in [-0.39, 0.29) is 0 Å². The smallest absolute Gasteiger partial charge is 0.180 e. The van der Waals surface area contributed by atoms with Gasteiger partial charge in [0.15, 0.2) is 5.13 Å². The van der Waals surface area contributed by atoms with Gasteiger partial charge in [0.05, 0.1) is 10.6 Å². The first-order valence-electron chi connectivity index (χ1n) is 3.76. The highest BCUT2D eigenvalue weighted by Gasteiger charge is 2.06. The maximum Gasteiger partial charge on any atom is 0.180 e. The number of nitrogen functional groups attached to an aromatic ring is 1. The van der Waals surface area contributed by atoms with E-state index < -0.39 is 0 Å². The number of aryl methyl sites for hydroxylation is 1. The van der Waals surface area contributed by atoms with Crippen LogP contribution in [0.1, 0.15) is 5.69 Å². The van der Waals surface area contributed by atoms with E-state index in [1.54, 1.807) is 18.6 Å². The van der Waals surface area contributed by atoms with Crippen molar-refractivity contribution in [3.8, 4) is 10.6 Å². The van der Waals surface area contributed by atoms with E-state index in [1.165, 1.54) is 11.3 Å².